The van der Waals surface area contributed by atoms with Gasteiger partial charge in [0.15, 0.2) is 11.6 Å². The first-order valence-corrected chi connectivity index (χ1v) is 11.1. The zero-order chi connectivity index (χ0) is 25.2. The van der Waals surface area contributed by atoms with Crippen molar-refractivity contribution in [3.05, 3.63) is 95.1 Å². The van der Waals surface area contributed by atoms with Crippen molar-refractivity contribution in [1.82, 2.24) is 24.9 Å². The molecule has 3 aromatic heterocycles. The molecule has 0 radical (unpaired) electrons. The smallest absolute Gasteiger partial charge is 0.256 e. The maximum Gasteiger partial charge on any atom is 0.256 e. The number of nitrogen functional groups attached to an aromatic ring is 1. The monoisotopic (exact) mass is 483 g/mol. The highest BCUT2D eigenvalue weighted by atomic mass is 19.1. The highest BCUT2D eigenvalue weighted by molar-refractivity contribution is 6.07. The van der Waals surface area contributed by atoms with Crippen LogP contribution in [0, 0.1) is 19.7 Å². The number of carbonyl (C=O) groups is 1. The molecule has 5 rings (SSSR count). The van der Waals surface area contributed by atoms with Gasteiger partial charge in [-0.15, -0.1) is 0 Å². The zero-order valence-corrected chi connectivity index (χ0v) is 19.6. The lowest BCUT2D eigenvalue weighted by Gasteiger charge is -2.11. The molecule has 0 spiro atoms. The highest BCUT2D eigenvalue weighted by Gasteiger charge is 2.19. The standard InChI is InChI=1S/C26H22FN7O2/c1-15-6-5-7-16(2)23(15)26(35)30-21-13-29-25(31-24(21)28)20-12-22(19-10-11-36-33-19)34(32-20)14-17-8-3-4-9-18(17)27/h3-13H,14H2,1-2H3,(H,30,35)(H2,28,29,31). The molecule has 180 valence electrons. The van der Waals surface area contributed by atoms with E-state index in [9.17, 15) is 9.18 Å². The van der Waals surface area contributed by atoms with Crippen LogP contribution in [-0.4, -0.2) is 30.8 Å². The topological polar surface area (TPSA) is 125 Å². The molecule has 3 N–H and O–H groups in total. The Bertz CT molecular complexity index is 1540. The minimum Gasteiger partial charge on any atom is -0.382 e. The molecule has 0 atom stereocenters. The summed E-state index contributed by atoms with van der Waals surface area (Å²) in [4.78, 5) is 21.6. The van der Waals surface area contributed by atoms with Gasteiger partial charge >= 0.3 is 0 Å². The van der Waals surface area contributed by atoms with Crippen molar-refractivity contribution in [3.63, 3.8) is 0 Å². The van der Waals surface area contributed by atoms with Crippen molar-refractivity contribution < 1.29 is 13.7 Å². The second-order valence-corrected chi connectivity index (χ2v) is 8.26. The Morgan fingerprint density at radius 1 is 1.08 bits per heavy atom. The number of aryl methyl sites for hydroxylation is 2. The summed E-state index contributed by atoms with van der Waals surface area (Å²) in [5, 5.41) is 11.3. The van der Waals surface area contributed by atoms with Gasteiger partial charge in [0.25, 0.3) is 5.91 Å². The summed E-state index contributed by atoms with van der Waals surface area (Å²) in [6, 6.07) is 15.5. The van der Waals surface area contributed by atoms with Gasteiger partial charge in [-0.1, -0.05) is 41.6 Å². The van der Waals surface area contributed by atoms with Gasteiger partial charge in [-0.05, 0) is 37.1 Å². The van der Waals surface area contributed by atoms with Gasteiger partial charge in [-0.3, -0.25) is 9.48 Å². The number of rotatable bonds is 6. The van der Waals surface area contributed by atoms with Crippen LogP contribution < -0.4 is 11.1 Å². The third-order valence-electron chi connectivity index (χ3n) is 5.76. The van der Waals surface area contributed by atoms with Crippen LogP contribution in [0.1, 0.15) is 27.0 Å². The number of nitrogens with two attached hydrogens (primary N) is 1. The summed E-state index contributed by atoms with van der Waals surface area (Å²) in [7, 11) is 0. The first-order chi connectivity index (χ1) is 17.4. The van der Waals surface area contributed by atoms with Crippen LogP contribution in [0.4, 0.5) is 15.9 Å². The normalized spacial score (nSPS) is 11.0. The number of aromatic nitrogens is 5. The molecule has 1 amide bonds. The van der Waals surface area contributed by atoms with Crippen molar-refractivity contribution >= 4 is 17.4 Å². The van der Waals surface area contributed by atoms with Crippen molar-refractivity contribution in [2.45, 2.75) is 20.4 Å². The van der Waals surface area contributed by atoms with Gasteiger partial charge in [-0.2, -0.15) is 5.10 Å². The molecule has 0 saturated carbocycles. The molecule has 36 heavy (non-hydrogen) atoms. The first-order valence-electron chi connectivity index (χ1n) is 11.1. The zero-order valence-electron chi connectivity index (χ0n) is 19.6. The lowest BCUT2D eigenvalue weighted by molar-refractivity contribution is 0.102. The Balaban J connectivity index is 1.46. The van der Waals surface area contributed by atoms with Crippen molar-refractivity contribution in [3.8, 4) is 22.9 Å². The van der Waals surface area contributed by atoms with Crippen LogP contribution in [0.15, 0.2) is 71.6 Å². The van der Waals surface area contributed by atoms with Crippen molar-refractivity contribution in [1.29, 1.82) is 0 Å². The second kappa shape index (κ2) is 9.41. The third-order valence-corrected chi connectivity index (χ3v) is 5.76. The number of benzene rings is 2. The van der Waals surface area contributed by atoms with Gasteiger partial charge in [0.1, 0.15) is 29.2 Å². The van der Waals surface area contributed by atoms with E-state index >= 15 is 0 Å². The third kappa shape index (κ3) is 4.43. The Morgan fingerprint density at radius 2 is 1.86 bits per heavy atom. The summed E-state index contributed by atoms with van der Waals surface area (Å²) in [5.41, 5.74) is 10.7. The number of halogens is 1. The predicted molar refractivity (Wildman–Crippen MR) is 133 cm³/mol. The van der Waals surface area contributed by atoms with Gasteiger partial charge in [0.2, 0.25) is 0 Å². The molecule has 0 aliphatic heterocycles. The van der Waals surface area contributed by atoms with Gasteiger partial charge in [0.05, 0.1) is 18.4 Å². The molecule has 0 fully saturated rings. The summed E-state index contributed by atoms with van der Waals surface area (Å²) < 4.78 is 20.9. The van der Waals surface area contributed by atoms with Crippen LogP contribution in [-0.2, 0) is 6.54 Å². The molecular weight excluding hydrogens is 461 g/mol. The molecule has 3 heterocycles. The van der Waals surface area contributed by atoms with Crippen LogP contribution in [0.2, 0.25) is 0 Å². The van der Waals surface area contributed by atoms with E-state index in [1.54, 1.807) is 35.0 Å². The van der Waals surface area contributed by atoms with Crippen molar-refractivity contribution in [2.75, 3.05) is 11.1 Å². The Kier molecular flexibility index (Phi) is 5.99. The first kappa shape index (κ1) is 22.9. The largest absolute Gasteiger partial charge is 0.382 e. The minimum absolute atomic E-state index is 0.0891. The van der Waals surface area contributed by atoms with Gasteiger partial charge in [0, 0.05) is 17.2 Å². The number of nitrogens with one attached hydrogen (secondary N) is 1. The van der Waals surface area contributed by atoms with E-state index in [-0.39, 0.29) is 35.6 Å². The fourth-order valence-electron chi connectivity index (χ4n) is 3.96. The summed E-state index contributed by atoms with van der Waals surface area (Å²) >= 11 is 0. The number of carbonyl (C=O) groups excluding carboxylic acids is 1. The Morgan fingerprint density at radius 3 is 2.56 bits per heavy atom. The fourth-order valence-corrected chi connectivity index (χ4v) is 3.96. The van der Waals surface area contributed by atoms with Crippen LogP contribution in [0.25, 0.3) is 22.9 Å². The maximum absolute atomic E-state index is 14.3. The number of anilines is 2. The molecule has 10 heteroatoms. The van der Waals surface area contributed by atoms with Crippen LogP contribution in [0.3, 0.4) is 0 Å². The van der Waals surface area contributed by atoms with Crippen molar-refractivity contribution in [2.24, 2.45) is 0 Å². The van der Waals surface area contributed by atoms with E-state index in [1.165, 1.54) is 18.5 Å². The lowest BCUT2D eigenvalue weighted by Crippen LogP contribution is -2.17. The SMILES string of the molecule is Cc1cccc(C)c1C(=O)Nc1cnc(-c2cc(-c3ccon3)n(Cc3ccccc3F)n2)nc1N. The minimum atomic E-state index is -0.342. The molecule has 0 aliphatic carbocycles. The van der Waals surface area contributed by atoms with E-state index < -0.39 is 0 Å². The molecule has 9 nitrogen and oxygen atoms in total. The quantitative estimate of drug-likeness (QED) is 0.361. The van der Waals surface area contributed by atoms with Gasteiger partial charge in [-0.25, -0.2) is 14.4 Å². The summed E-state index contributed by atoms with van der Waals surface area (Å²) in [6.07, 6.45) is 2.88. The second-order valence-electron chi connectivity index (χ2n) is 8.26. The molecule has 0 aliphatic rings. The van der Waals surface area contributed by atoms with E-state index in [2.05, 4.69) is 25.5 Å². The summed E-state index contributed by atoms with van der Waals surface area (Å²) in [6.45, 7) is 3.90. The molecule has 0 unspecified atom stereocenters. The van der Waals surface area contributed by atoms with Crippen LogP contribution >= 0.6 is 0 Å². The average molecular weight is 484 g/mol. The average Bonchev–Trinajstić information content (AvgIpc) is 3.52. The van der Waals surface area contributed by atoms with E-state index in [0.717, 1.165) is 11.1 Å². The Labute approximate surface area is 205 Å². The highest BCUT2D eigenvalue weighted by Crippen LogP contribution is 2.27. The Hall–Kier alpha value is -4.86. The number of amides is 1. The molecular formula is C26H22FN7O2. The van der Waals surface area contributed by atoms with Crippen LogP contribution in [0.5, 0.6) is 0 Å². The maximum atomic E-state index is 14.3. The van der Waals surface area contributed by atoms with E-state index in [0.29, 0.717) is 28.2 Å². The number of hydrogen-bond donors (Lipinski definition) is 2. The molecule has 0 bridgehead atoms. The number of nitrogens with zero attached hydrogens (tertiary/aromatic N) is 5. The van der Waals surface area contributed by atoms with E-state index in [4.69, 9.17) is 10.3 Å². The lowest BCUT2D eigenvalue weighted by atomic mass is 10.0. The fraction of sp³-hybridized carbons (Fsp3) is 0.115. The van der Waals surface area contributed by atoms with E-state index in [1.807, 2.05) is 32.0 Å². The molecule has 2 aromatic carbocycles. The summed E-state index contributed by atoms with van der Waals surface area (Å²) in [5.74, 6) is -0.304. The molecule has 5 aromatic rings. The predicted octanol–water partition coefficient (Wildman–Crippen LogP) is 4.63. The number of hydrogen-bond acceptors (Lipinski definition) is 7. The molecule has 0 saturated heterocycles. The van der Waals surface area contributed by atoms with Gasteiger partial charge < -0.3 is 15.6 Å².